The van der Waals surface area contributed by atoms with Gasteiger partial charge in [0, 0.05) is 0 Å². The van der Waals surface area contributed by atoms with Crippen LogP contribution in [0.15, 0.2) is 30.9 Å². The van der Waals surface area contributed by atoms with E-state index in [2.05, 4.69) is 6.58 Å². The van der Waals surface area contributed by atoms with Crippen LogP contribution in [0.3, 0.4) is 0 Å². The Hall–Kier alpha value is -1.15. The van der Waals surface area contributed by atoms with E-state index in [0.29, 0.717) is 6.61 Å². The number of hydrogen-bond donors (Lipinski definition) is 0. The summed E-state index contributed by atoms with van der Waals surface area (Å²) in [6.07, 6.45) is 2.43. The Morgan fingerprint density at radius 2 is 2.38 bits per heavy atom. The molecular formula is C11H11FO. The van der Waals surface area contributed by atoms with Crippen molar-refractivity contribution in [1.29, 1.82) is 0 Å². The van der Waals surface area contributed by atoms with Crippen LogP contribution in [0.4, 0.5) is 4.39 Å². The maximum atomic E-state index is 12.9. The van der Waals surface area contributed by atoms with E-state index in [9.17, 15) is 4.39 Å². The van der Waals surface area contributed by atoms with E-state index < -0.39 is 0 Å². The summed E-state index contributed by atoms with van der Waals surface area (Å²) in [5.41, 5.74) is 2.08. The van der Waals surface area contributed by atoms with E-state index in [1.165, 1.54) is 12.1 Å². The van der Waals surface area contributed by atoms with Gasteiger partial charge in [0.25, 0.3) is 0 Å². The van der Waals surface area contributed by atoms with Gasteiger partial charge in [-0.05, 0) is 29.7 Å². The van der Waals surface area contributed by atoms with Gasteiger partial charge < -0.3 is 4.74 Å². The summed E-state index contributed by atoms with van der Waals surface area (Å²) in [4.78, 5) is 0. The molecule has 2 rings (SSSR count). The van der Waals surface area contributed by atoms with Gasteiger partial charge in [0.2, 0.25) is 0 Å². The third kappa shape index (κ3) is 1.49. The summed E-state index contributed by atoms with van der Waals surface area (Å²) in [6.45, 7) is 4.36. The molecule has 1 atom stereocenters. The van der Waals surface area contributed by atoms with Gasteiger partial charge >= 0.3 is 0 Å². The Bertz CT molecular complexity index is 333. The minimum Gasteiger partial charge on any atom is -0.369 e. The van der Waals surface area contributed by atoms with Crippen LogP contribution < -0.4 is 0 Å². The van der Waals surface area contributed by atoms with Crippen LogP contribution in [-0.4, -0.2) is 6.61 Å². The summed E-state index contributed by atoms with van der Waals surface area (Å²) < 4.78 is 18.3. The van der Waals surface area contributed by atoms with E-state index >= 15 is 0 Å². The first-order valence-electron chi connectivity index (χ1n) is 4.34. The maximum Gasteiger partial charge on any atom is 0.123 e. The normalized spacial score (nSPS) is 20.8. The molecule has 0 saturated heterocycles. The molecule has 2 heteroatoms. The van der Waals surface area contributed by atoms with E-state index in [1.807, 2.05) is 6.07 Å². The average molecular weight is 178 g/mol. The highest BCUT2D eigenvalue weighted by Crippen LogP contribution is 2.28. The van der Waals surface area contributed by atoms with Crippen LogP contribution in [0.2, 0.25) is 0 Å². The molecule has 1 aromatic carbocycles. The summed E-state index contributed by atoms with van der Waals surface area (Å²) in [5.74, 6) is -0.212. The number of hydrogen-bond acceptors (Lipinski definition) is 1. The van der Waals surface area contributed by atoms with Gasteiger partial charge in [-0.25, -0.2) is 4.39 Å². The molecule has 0 fully saturated rings. The Kier molecular flexibility index (Phi) is 2.15. The lowest BCUT2D eigenvalue weighted by Gasteiger charge is -2.23. The number of ether oxygens (including phenoxy) is 1. The van der Waals surface area contributed by atoms with E-state index in [1.54, 1.807) is 6.08 Å². The van der Waals surface area contributed by atoms with Gasteiger partial charge in [-0.15, -0.1) is 6.58 Å². The number of rotatable bonds is 1. The standard InChI is InChI=1S/C11H11FO/c1-2-11-10-7-9(12)4-3-8(10)5-6-13-11/h2-4,7,11H,1,5-6H2/t11-/m0/s1. The van der Waals surface area contributed by atoms with Crippen molar-refractivity contribution in [1.82, 2.24) is 0 Å². The first kappa shape index (κ1) is 8.45. The lowest BCUT2D eigenvalue weighted by atomic mass is 9.97. The quantitative estimate of drug-likeness (QED) is 0.601. The molecule has 0 amide bonds. The number of benzene rings is 1. The molecule has 13 heavy (non-hydrogen) atoms. The molecular weight excluding hydrogens is 167 g/mol. The SMILES string of the molecule is C=C[C@@H]1OCCc2ccc(F)cc21. The van der Waals surface area contributed by atoms with E-state index in [0.717, 1.165) is 17.5 Å². The molecule has 0 aliphatic carbocycles. The van der Waals surface area contributed by atoms with Crippen molar-refractivity contribution in [3.05, 3.63) is 47.8 Å². The molecule has 0 N–H and O–H groups in total. The Morgan fingerprint density at radius 3 is 3.15 bits per heavy atom. The van der Waals surface area contributed by atoms with Crippen molar-refractivity contribution in [3.8, 4) is 0 Å². The van der Waals surface area contributed by atoms with Crippen molar-refractivity contribution in [2.75, 3.05) is 6.61 Å². The highest BCUT2D eigenvalue weighted by atomic mass is 19.1. The Labute approximate surface area is 76.8 Å². The number of halogens is 1. The van der Waals surface area contributed by atoms with Crippen LogP contribution in [0.25, 0.3) is 0 Å². The molecule has 0 radical (unpaired) electrons. The zero-order chi connectivity index (χ0) is 9.26. The zero-order valence-electron chi connectivity index (χ0n) is 7.29. The van der Waals surface area contributed by atoms with Gasteiger partial charge in [-0.2, -0.15) is 0 Å². The van der Waals surface area contributed by atoms with Crippen molar-refractivity contribution >= 4 is 0 Å². The fourth-order valence-electron chi connectivity index (χ4n) is 1.64. The van der Waals surface area contributed by atoms with Gasteiger partial charge in [-0.3, -0.25) is 0 Å². The molecule has 0 bridgehead atoms. The highest BCUT2D eigenvalue weighted by Gasteiger charge is 2.18. The molecule has 0 unspecified atom stereocenters. The van der Waals surface area contributed by atoms with Gasteiger partial charge in [0.15, 0.2) is 0 Å². The summed E-state index contributed by atoms with van der Waals surface area (Å²) in [5, 5.41) is 0. The largest absolute Gasteiger partial charge is 0.369 e. The first-order valence-corrected chi connectivity index (χ1v) is 4.34. The fraction of sp³-hybridized carbons (Fsp3) is 0.273. The molecule has 0 aromatic heterocycles. The lowest BCUT2D eigenvalue weighted by molar-refractivity contribution is 0.0749. The van der Waals surface area contributed by atoms with Crippen LogP contribution >= 0.6 is 0 Å². The van der Waals surface area contributed by atoms with Gasteiger partial charge in [0.05, 0.1) is 6.61 Å². The second-order valence-electron chi connectivity index (χ2n) is 3.12. The van der Waals surface area contributed by atoms with Crippen LogP contribution in [0.1, 0.15) is 17.2 Å². The predicted molar refractivity (Wildman–Crippen MR) is 49.0 cm³/mol. The third-order valence-electron chi connectivity index (χ3n) is 2.30. The molecule has 1 aliphatic heterocycles. The van der Waals surface area contributed by atoms with Crippen molar-refractivity contribution < 1.29 is 9.13 Å². The van der Waals surface area contributed by atoms with Crippen molar-refractivity contribution in [2.45, 2.75) is 12.5 Å². The molecule has 1 aromatic rings. The number of fused-ring (bicyclic) bond motifs is 1. The Morgan fingerprint density at radius 1 is 1.54 bits per heavy atom. The van der Waals surface area contributed by atoms with Crippen molar-refractivity contribution in [2.24, 2.45) is 0 Å². The second-order valence-corrected chi connectivity index (χ2v) is 3.12. The topological polar surface area (TPSA) is 9.23 Å². The third-order valence-corrected chi connectivity index (χ3v) is 2.30. The van der Waals surface area contributed by atoms with Gasteiger partial charge in [-0.1, -0.05) is 12.1 Å². The smallest absolute Gasteiger partial charge is 0.123 e. The molecule has 68 valence electrons. The average Bonchev–Trinajstić information content (AvgIpc) is 2.17. The minimum atomic E-state index is -0.212. The minimum absolute atomic E-state index is 0.139. The Balaban J connectivity index is 2.47. The monoisotopic (exact) mass is 178 g/mol. The van der Waals surface area contributed by atoms with Gasteiger partial charge in [0.1, 0.15) is 11.9 Å². The molecule has 0 spiro atoms. The van der Waals surface area contributed by atoms with E-state index in [-0.39, 0.29) is 11.9 Å². The zero-order valence-corrected chi connectivity index (χ0v) is 7.29. The van der Waals surface area contributed by atoms with E-state index in [4.69, 9.17) is 4.74 Å². The second kappa shape index (κ2) is 3.30. The van der Waals surface area contributed by atoms with Crippen LogP contribution in [-0.2, 0) is 11.2 Å². The summed E-state index contributed by atoms with van der Waals surface area (Å²) in [6, 6.07) is 4.84. The molecule has 0 saturated carbocycles. The first-order chi connectivity index (χ1) is 6.31. The van der Waals surface area contributed by atoms with Crippen LogP contribution in [0.5, 0.6) is 0 Å². The fourth-order valence-corrected chi connectivity index (χ4v) is 1.64. The lowest BCUT2D eigenvalue weighted by Crippen LogP contribution is -2.14. The highest BCUT2D eigenvalue weighted by molar-refractivity contribution is 5.33. The molecule has 1 heterocycles. The summed E-state index contributed by atoms with van der Waals surface area (Å²) >= 11 is 0. The summed E-state index contributed by atoms with van der Waals surface area (Å²) in [7, 11) is 0. The predicted octanol–water partition coefficient (Wildman–Crippen LogP) is 2.63. The maximum absolute atomic E-state index is 12.9. The molecule has 1 nitrogen and oxygen atoms in total. The molecule has 1 aliphatic rings. The van der Waals surface area contributed by atoms with Crippen molar-refractivity contribution in [3.63, 3.8) is 0 Å². The van der Waals surface area contributed by atoms with Crippen LogP contribution in [0, 0.1) is 5.82 Å².